The van der Waals surface area contributed by atoms with Crippen LogP contribution in [0.1, 0.15) is 5.56 Å². The van der Waals surface area contributed by atoms with Crippen molar-refractivity contribution in [1.82, 2.24) is 4.98 Å². The van der Waals surface area contributed by atoms with Crippen LogP contribution in [0, 0.1) is 6.92 Å². The monoisotopic (exact) mass is 198 g/mol. The Morgan fingerprint density at radius 2 is 1.80 bits per heavy atom. The highest BCUT2D eigenvalue weighted by atomic mass is 14.8. The van der Waals surface area contributed by atoms with Gasteiger partial charge in [-0.15, -0.1) is 0 Å². The first kappa shape index (κ1) is 9.71. The standard InChI is InChI=1S/C13H14N2/c1-10-4-3-5-12(13(10)14-2)11-6-8-15-9-7-11/h3-9,14H,1-2H3. The zero-order chi connectivity index (χ0) is 10.7. The zero-order valence-corrected chi connectivity index (χ0v) is 8.99. The van der Waals surface area contributed by atoms with Crippen molar-refractivity contribution in [3.8, 4) is 11.1 Å². The molecule has 0 aliphatic rings. The first-order chi connectivity index (χ1) is 7.33. The maximum atomic E-state index is 4.03. The first-order valence-electron chi connectivity index (χ1n) is 5.00. The summed E-state index contributed by atoms with van der Waals surface area (Å²) in [4.78, 5) is 4.03. The number of anilines is 1. The summed E-state index contributed by atoms with van der Waals surface area (Å²) in [5.74, 6) is 0. The van der Waals surface area contributed by atoms with Gasteiger partial charge in [0.25, 0.3) is 0 Å². The fourth-order valence-electron chi connectivity index (χ4n) is 1.77. The summed E-state index contributed by atoms with van der Waals surface area (Å²) in [5, 5.41) is 3.24. The molecule has 0 saturated heterocycles. The second kappa shape index (κ2) is 4.13. The van der Waals surface area contributed by atoms with Gasteiger partial charge in [-0.05, 0) is 30.2 Å². The number of para-hydroxylation sites is 1. The fourth-order valence-corrected chi connectivity index (χ4v) is 1.77. The van der Waals surface area contributed by atoms with Crippen LogP contribution in [0.15, 0.2) is 42.7 Å². The van der Waals surface area contributed by atoms with Crippen LogP contribution in [0.5, 0.6) is 0 Å². The van der Waals surface area contributed by atoms with E-state index in [1.54, 1.807) is 0 Å². The van der Waals surface area contributed by atoms with E-state index in [-0.39, 0.29) is 0 Å². The van der Waals surface area contributed by atoms with Crippen LogP contribution in [-0.2, 0) is 0 Å². The maximum Gasteiger partial charge on any atom is 0.0447 e. The molecule has 0 spiro atoms. The van der Waals surface area contributed by atoms with Gasteiger partial charge in [-0.3, -0.25) is 4.98 Å². The van der Waals surface area contributed by atoms with Crippen LogP contribution in [0.3, 0.4) is 0 Å². The molecular weight excluding hydrogens is 184 g/mol. The van der Waals surface area contributed by atoms with E-state index in [0.29, 0.717) is 0 Å². The number of nitrogens with zero attached hydrogens (tertiary/aromatic N) is 1. The molecule has 2 heteroatoms. The molecule has 2 rings (SSSR count). The molecule has 0 bridgehead atoms. The number of nitrogens with one attached hydrogen (secondary N) is 1. The van der Waals surface area contributed by atoms with Gasteiger partial charge in [-0.2, -0.15) is 0 Å². The van der Waals surface area contributed by atoms with Crippen molar-refractivity contribution in [3.63, 3.8) is 0 Å². The molecule has 0 radical (unpaired) electrons. The summed E-state index contributed by atoms with van der Waals surface area (Å²) in [6, 6.07) is 10.3. The SMILES string of the molecule is CNc1c(C)cccc1-c1ccncc1. The molecule has 2 nitrogen and oxygen atoms in total. The normalized spacial score (nSPS) is 10.0. The summed E-state index contributed by atoms with van der Waals surface area (Å²) >= 11 is 0. The second-order valence-electron chi connectivity index (χ2n) is 3.48. The summed E-state index contributed by atoms with van der Waals surface area (Å²) in [7, 11) is 1.95. The van der Waals surface area contributed by atoms with E-state index < -0.39 is 0 Å². The van der Waals surface area contributed by atoms with Crippen molar-refractivity contribution in [2.24, 2.45) is 0 Å². The lowest BCUT2D eigenvalue weighted by Gasteiger charge is -2.11. The molecule has 0 aliphatic heterocycles. The minimum atomic E-state index is 1.18. The van der Waals surface area contributed by atoms with Crippen LogP contribution in [0.4, 0.5) is 5.69 Å². The Hall–Kier alpha value is -1.83. The Morgan fingerprint density at radius 1 is 1.07 bits per heavy atom. The fraction of sp³-hybridized carbons (Fsp3) is 0.154. The highest BCUT2D eigenvalue weighted by Crippen LogP contribution is 2.29. The van der Waals surface area contributed by atoms with Gasteiger partial charge in [0.05, 0.1) is 0 Å². The Morgan fingerprint density at radius 3 is 2.47 bits per heavy atom. The van der Waals surface area contributed by atoms with E-state index in [1.807, 2.05) is 31.6 Å². The average molecular weight is 198 g/mol. The van der Waals surface area contributed by atoms with Crippen molar-refractivity contribution < 1.29 is 0 Å². The quantitative estimate of drug-likeness (QED) is 0.802. The van der Waals surface area contributed by atoms with E-state index in [9.17, 15) is 0 Å². The third-order valence-electron chi connectivity index (χ3n) is 2.51. The summed E-state index contributed by atoms with van der Waals surface area (Å²) in [5.41, 5.74) is 4.86. The van der Waals surface area contributed by atoms with Crippen molar-refractivity contribution in [1.29, 1.82) is 0 Å². The molecule has 0 amide bonds. The predicted octanol–water partition coefficient (Wildman–Crippen LogP) is 3.10. The van der Waals surface area contributed by atoms with Crippen molar-refractivity contribution in [2.75, 3.05) is 12.4 Å². The topological polar surface area (TPSA) is 24.9 Å². The lowest BCUT2D eigenvalue weighted by atomic mass is 10.0. The lowest BCUT2D eigenvalue weighted by Crippen LogP contribution is -1.94. The average Bonchev–Trinajstić information content (AvgIpc) is 2.30. The van der Waals surface area contributed by atoms with Gasteiger partial charge in [0, 0.05) is 30.7 Å². The van der Waals surface area contributed by atoms with Gasteiger partial charge in [0.2, 0.25) is 0 Å². The number of rotatable bonds is 2. The molecule has 0 aliphatic carbocycles. The van der Waals surface area contributed by atoms with Crippen molar-refractivity contribution >= 4 is 5.69 Å². The van der Waals surface area contributed by atoms with E-state index in [1.165, 1.54) is 22.4 Å². The van der Waals surface area contributed by atoms with E-state index in [0.717, 1.165) is 0 Å². The number of hydrogen-bond donors (Lipinski definition) is 1. The Balaban J connectivity index is 2.58. The summed E-state index contributed by atoms with van der Waals surface area (Å²) in [6.45, 7) is 2.11. The van der Waals surface area contributed by atoms with E-state index in [2.05, 4.69) is 35.4 Å². The molecule has 15 heavy (non-hydrogen) atoms. The molecule has 1 heterocycles. The first-order valence-corrected chi connectivity index (χ1v) is 5.00. The van der Waals surface area contributed by atoms with Crippen LogP contribution in [0.2, 0.25) is 0 Å². The molecule has 0 fully saturated rings. The number of benzene rings is 1. The minimum absolute atomic E-state index is 1.18. The molecule has 2 aromatic rings. The van der Waals surface area contributed by atoms with E-state index in [4.69, 9.17) is 0 Å². The minimum Gasteiger partial charge on any atom is -0.387 e. The molecule has 0 atom stereocenters. The molecule has 0 saturated carbocycles. The molecule has 1 aromatic carbocycles. The molecule has 76 valence electrons. The molecule has 0 unspecified atom stereocenters. The Labute approximate surface area is 90.0 Å². The highest BCUT2D eigenvalue weighted by molar-refractivity contribution is 5.79. The highest BCUT2D eigenvalue weighted by Gasteiger charge is 2.04. The third kappa shape index (κ3) is 1.84. The largest absolute Gasteiger partial charge is 0.387 e. The Bertz CT molecular complexity index is 449. The zero-order valence-electron chi connectivity index (χ0n) is 8.99. The van der Waals surface area contributed by atoms with Crippen LogP contribution >= 0.6 is 0 Å². The van der Waals surface area contributed by atoms with Crippen LogP contribution < -0.4 is 5.32 Å². The Kier molecular flexibility index (Phi) is 2.68. The van der Waals surface area contributed by atoms with Crippen molar-refractivity contribution in [3.05, 3.63) is 48.3 Å². The maximum absolute atomic E-state index is 4.03. The summed E-state index contributed by atoms with van der Waals surface area (Å²) < 4.78 is 0. The smallest absolute Gasteiger partial charge is 0.0447 e. The number of hydrogen-bond acceptors (Lipinski definition) is 2. The van der Waals surface area contributed by atoms with Gasteiger partial charge in [0.1, 0.15) is 0 Å². The molecular formula is C13H14N2. The second-order valence-corrected chi connectivity index (χ2v) is 3.48. The summed E-state index contributed by atoms with van der Waals surface area (Å²) in [6.07, 6.45) is 3.63. The number of aromatic nitrogens is 1. The third-order valence-corrected chi connectivity index (χ3v) is 2.51. The van der Waals surface area contributed by atoms with Crippen LogP contribution in [0.25, 0.3) is 11.1 Å². The number of aryl methyl sites for hydroxylation is 1. The van der Waals surface area contributed by atoms with Gasteiger partial charge < -0.3 is 5.32 Å². The number of pyridine rings is 1. The molecule has 1 aromatic heterocycles. The van der Waals surface area contributed by atoms with Gasteiger partial charge in [-0.1, -0.05) is 18.2 Å². The van der Waals surface area contributed by atoms with Gasteiger partial charge in [-0.25, -0.2) is 0 Å². The van der Waals surface area contributed by atoms with E-state index >= 15 is 0 Å². The van der Waals surface area contributed by atoms with Gasteiger partial charge >= 0.3 is 0 Å². The lowest BCUT2D eigenvalue weighted by molar-refractivity contribution is 1.32. The predicted molar refractivity (Wildman–Crippen MR) is 64.0 cm³/mol. The van der Waals surface area contributed by atoms with Crippen molar-refractivity contribution in [2.45, 2.75) is 6.92 Å². The van der Waals surface area contributed by atoms with Crippen LogP contribution in [-0.4, -0.2) is 12.0 Å². The van der Waals surface area contributed by atoms with Gasteiger partial charge in [0.15, 0.2) is 0 Å². The molecule has 1 N–H and O–H groups in total.